The molecule has 0 saturated carbocycles. The summed E-state index contributed by atoms with van der Waals surface area (Å²) in [5, 5.41) is 7.02. The second kappa shape index (κ2) is 14.6. The Labute approximate surface area is 244 Å². The highest BCUT2D eigenvalue weighted by Crippen LogP contribution is 2.31. The highest BCUT2D eigenvalue weighted by molar-refractivity contribution is 6.30. The zero-order valence-electron chi connectivity index (χ0n) is 23.2. The lowest BCUT2D eigenvalue weighted by Crippen LogP contribution is -2.29. The van der Waals surface area contributed by atoms with Crippen LogP contribution in [0.5, 0.6) is 5.75 Å². The molecule has 2 amide bonds. The maximum absolute atomic E-state index is 13.4. The van der Waals surface area contributed by atoms with Gasteiger partial charge in [-0.25, -0.2) is 0 Å². The van der Waals surface area contributed by atoms with E-state index in [9.17, 15) is 14.4 Å². The van der Waals surface area contributed by atoms with Crippen molar-refractivity contribution in [2.45, 2.75) is 19.8 Å². The Morgan fingerprint density at radius 1 is 0.951 bits per heavy atom. The monoisotopic (exact) mass is 579 g/mol. The molecule has 41 heavy (non-hydrogen) atoms. The first-order chi connectivity index (χ1) is 19.9. The van der Waals surface area contributed by atoms with Crippen LogP contribution in [-0.4, -0.2) is 68.9 Å². The standard InChI is InChI=1S/C31H34ClN3O6/c1-21-26(20-29(36)33-13-15-40-17-18-41-16-14-34-30(37)22-5-3-4-6-22)27-19-25(39-2)11-12-28(27)35(21)31(38)23-7-9-24(32)10-8-23/h3-5,7-12,19H,6,13-18,20H2,1-2H3,(H,33,36)(H,34,37). The molecule has 1 aliphatic rings. The maximum atomic E-state index is 13.4. The number of allylic oxidation sites excluding steroid dienone is 3. The van der Waals surface area contributed by atoms with Gasteiger partial charge in [0.1, 0.15) is 5.75 Å². The zero-order chi connectivity index (χ0) is 29.2. The first kappa shape index (κ1) is 30.0. The molecule has 0 fully saturated rings. The van der Waals surface area contributed by atoms with E-state index < -0.39 is 0 Å². The smallest absolute Gasteiger partial charge is 0.262 e. The van der Waals surface area contributed by atoms with E-state index >= 15 is 0 Å². The first-order valence-electron chi connectivity index (χ1n) is 13.4. The number of nitrogens with zero attached hydrogens (tertiary/aromatic N) is 1. The third kappa shape index (κ3) is 7.85. The molecule has 2 N–H and O–H groups in total. The minimum absolute atomic E-state index is 0.0716. The van der Waals surface area contributed by atoms with Crippen LogP contribution >= 0.6 is 11.6 Å². The molecule has 0 spiro atoms. The Bertz CT molecular complexity index is 1460. The van der Waals surface area contributed by atoms with E-state index in [1.165, 1.54) is 0 Å². The number of carbonyl (C=O) groups is 3. The number of aromatic nitrogens is 1. The minimum Gasteiger partial charge on any atom is -0.497 e. The van der Waals surface area contributed by atoms with Gasteiger partial charge in [-0.1, -0.05) is 29.8 Å². The number of hydrogen-bond donors (Lipinski definition) is 2. The van der Waals surface area contributed by atoms with Crippen molar-refractivity contribution in [2.24, 2.45) is 0 Å². The topological polar surface area (TPSA) is 108 Å². The predicted molar refractivity (Wildman–Crippen MR) is 158 cm³/mol. The average Bonchev–Trinajstić information content (AvgIpc) is 3.61. The number of fused-ring (bicyclic) bond motifs is 1. The number of halogens is 1. The second-order valence-electron chi connectivity index (χ2n) is 9.43. The quantitative estimate of drug-likeness (QED) is 0.280. The average molecular weight is 580 g/mol. The molecule has 0 saturated heterocycles. The van der Waals surface area contributed by atoms with Gasteiger partial charge in [-0.3, -0.25) is 19.0 Å². The van der Waals surface area contributed by atoms with Crippen molar-refractivity contribution >= 4 is 40.2 Å². The number of carbonyl (C=O) groups excluding carboxylic acids is 3. The third-order valence-electron chi connectivity index (χ3n) is 6.71. The van der Waals surface area contributed by atoms with Crippen molar-refractivity contribution in [3.05, 3.63) is 88.1 Å². The van der Waals surface area contributed by atoms with Crippen molar-refractivity contribution in [2.75, 3.05) is 46.6 Å². The maximum Gasteiger partial charge on any atom is 0.262 e. The summed E-state index contributed by atoms with van der Waals surface area (Å²) in [6.45, 7) is 4.08. The van der Waals surface area contributed by atoms with Gasteiger partial charge in [0, 0.05) is 40.3 Å². The summed E-state index contributed by atoms with van der Waals surface area (Å²) in [6, 6.07) is 12.2. The predicted octanol–water partition coefficient (Wildman–Crippen LogP) is 3.99. The molecule has 0 atom stereocenters. The van der Waals surface area contributed by atoms with Crippen molar-refractivity contribution in [1.29, 1.82) is 0 Å². The van der Waals surface area contributed by atoms with Gasteiger partial charge in [0.25, 0.3) is 5.91 Å². The van der Waals surface area contributed by atoms with Gasteiger partial charge in [0.2, 0.25) is 11.8 Å². The van der Waals surface area contributed by atoms with Crippen LogP contribution in [0.1, 0.15) is 28.0 Å². The summed E-state index contributed by atoms with van der Waals surface area (Å²) in [7, 11) is 1.58. The number of nitrogens with one attached hydrogen (secondary N) is 2. The van der Waals surface area contributed by atoms with E-state index in [0.29, 0.717) is 73.5 Å². The Morgan fingerprint density at radius 3 is 2.32 bits per heavy atom. The summed E-state index contributed by atoms with van der Waals surface area (Å²) in [5.41, 5.74) is 3.38. The normalized spacial score (nSPS) is 12.4. The molecule has 0 radical (unpaired) electrons. The number of benzene rings is 2. The van der Waals surface area contributed by atoms with Crippen molar-refractivity contribution < 1.29 is 28.6 Å². The highest BCUT2D eigenvalue weighted by Gasteiger charge is 2.22. The van der Waals surface area contributed by atoms with Gasteiger partial charge >= 0.3 is 0 Å². The minimum atomic E-state index is -0.206. The molecule has 4 rings (SSSR count). The van der Waals surface area contributed by atoms with Crippen LogP contribution < -0.4 is 15.4 Å². The molecule has 2 aromatic carbocycles. The number of hydrogen-bond acceptors (Lipinski definition) is 6. The van der Waals surface area contributed by atoms with Gasteiger partial charge in [-0.05, 0) is 61.4 Å². The van der Waals surface area contributed by atoms with E-state index in [1.54, 1.807) is 42.0 Å². The molecular weight excluding hydrogens is 546 g/mol. The molecule has 1 heterocycles. The number of rotatable bonds is 14. The molecule has 1 aromatic heterocycles. The highest BCUT2D eigenvalue weighted by atomic mass is 35.5. The fourth-order valence-corrected chi connectivity index (χ4v) is 4.70. The Hall–Kier alpha value is -3.92. The molecule has 0 unspecified atom stereocenters. The van der Waals surface area contributed by atoms with Gasteiger partial charge in [-0.2, -0.15) is 0 Å². The lowest BCUT2D eigenvalue weighted by Gasteiger charge is -2.09. The molecule has 216 valence electrons. The fraction of sp³-hybridized carbons (Fsp3) is 0.323. The fourth-order valence-electron chi connectivity index (χ4n) is 4.57. The van der Waals surface area contributed by atoms with E-state index in [1.807, 2.05) is 37.3 Å². The van der Waals surface area contributed by atoms with Crippen LogP contribution in [0, 0.1) is 6.92 Å². The van der Waals surface area contributed by atoms with E-state index in [0.717, 1.165) is 16.5 Å². The molecule has 0 aliphatic heterocycles. The summed E-state index contributed by atoms with van der Waals surface area (Å²) in [4.78, 5) is 38.1. The van der Waals surface area contributed by atoms with Crippen LogP contribution in [0.3, 0.4) is 0 Å². The van der Waals surface area contributed by atoms with Gasteiger partial charge < -0.3 is 24.8 Å². The van der Waals surface area contributed by atoms with Gasteiger partial charge in [-0.15, -0.1) is 0 Å². The summed E-state index contributed by atoms with van der Waals surface area (Å²) >= 11 is 6.00. The SMILES string of the molecule is COc1ccc2c(c1)c(CC(=O)NCCOCCOCCNC(=O)C1=CC=CC1)c(C)n2C(=O)c1ccc(Cl)cc1. The molecular formula is C31H34ClN3O6. The first-order valence-corrected chi connectivity index (χ1v) is 13.8. The van der Waals surface area contributed by atoms with Crippen molar-refractivity contribution in [1.82, 2.24) is 15.2 Å². The molecule has 1 aliphatic carbocycles. The molecule has 10 heteroatoms. The van der Waals surface area contributed by atoms with Crippen LogP contribution in [0.25, 0.3) is 10.9 Å². The lowest BCUT2D eigenvalue weighted by atomic mass is 10.1. The van der Waals surface area contributed by atoms with Crippen LogP contribution in [0.15, 0.2) is 66.3 Å². The number of ether oxygens (including phenoxy) is 3. The number of amides is 2. The molecule has 0 bridgehead atoms. The van der Waals surface area contributed by atoms with Crippen LogP contribution in [0.4, 0.5) is 0 Å². The molecule has 3 aromatic rings. The van der Waals surface area contributed by atoms with Gasteiger partial charge in [0.15, 0.2) is 0 Å². The lowest BCUT2D eigenvalue weighted by molar-refractivity contribution is -0.121. The van der Waals surface area contributed by atoms with Crippen molar-refractivity contribution in [3.8, 4) is 5.75 Å². The van der Waals surface area contributed by atoms with Crippen molar-refractivity contribution in [3.63, 3.8) is 0 Å². The Balaban J connectivity index is 1.24. The Morgan fingerprint density at radius 2 is 1.66 bits per heavy atom. The van der Waals surface area contributed by atoms with Crippen LogP contribution in [0.2, 0.25) is 5.02 Å². The Kier molecular flexibility index (Phi) is 10.7. The number of methoxy groups -OCH3 is 1. The summed E-state index contributed by atoms with van der Waals surface area (Å²) in [6.07, 6.45) is 6.38. The summed E-state index contributed by atoms with van der Waals surface area (Å²) < 4.78 is 18.0. The third-order valence-corrected chi connectivity index (χ3v) is 6.96. The largest absolute Gasteiger partial charge is 0.497 e. The van der Waals surface area contributed by atoms with Crippen LogP contribution in [-0.2, 0) is 25.5 Å². The summed E-state index contributed by atoms with van der Waals surface area (Å²) in [5.74, 6) is 0.175. The van der Waals surface area contributed by atoms with E-state index in [4.69, 9.17) is 25.8 Å². The van der Waals surface area contributed by atoms with E-state index in [2.05, 4.69) is 10.6 Å². The second-order valence-corrected chi connectivity index (χ2v) is 9.86. The zero-order valence-corrected chi connectivity index (χ0v) is 24.0. The van der Waals surface area contributed by atoms with Gasteiger partial charge in [0.05, 0.1) is 45.5 Å². The van der Waals surface area contributed by atoms with E-state index in [-0.39, 0.29) is 24.1 Å². The molecule has 9 nitrogen and oxygen atoms in total.